The molecule has 0 aliphatic carbocycles. The van der Waals surface area contributed by atoms with E-state index in [0.717, 1.165) is 37.1 Å². The van der Waals surface area contributed by atoms with Crippen molar-refractivity contribution in [2.75, 3.05) is 39.5 Å². The van der Waals surface area contributed by atoms with Crippen LogP contribution in [0.15, 0.2) is 61.1 Å². The van der Waals surface area contributed by atoms with E-state index >= 15 is 0 Å². The van der Waals surface area contributed by atoms with Crippen LogP contribution in [0, 0.1) is 0 Å². The number of carbonyl (C=O) groups excluding carboxylic acids is 1. The van der Waals surface area contributed by atoms with Crippen LogP contribution in [0.25, 0.3) is 22.3 Å². The van der Waals surface area contributed by atoms with Crippen LogP contribution in [0.5, 0.6) is 5.75 Å². The number of anilines is 1. The van der Waals surface area contributed by atoms with E-state index in [0.29, 0.717) is 53.0 Å². The van der Waals surface area contributed by atoms with Crippen LogP contribution in [0.3, 0.4) is 0 Å². The summed E-state index contributed by atoms with van der Waals surface area (Å²) < 4.78 is 7.84. The van der Waals surface area contributed by atoms with Gasteiger partial charge in [0.25, 0.3) is 0 Å². The summed E-state index contributed by atoms with van der Waals surface area (Å²) in [5, 5.41) is 6.13. The molecule has 1 saturated heterocycles. The molecular formula is C29H33ClN8O2. The molecule has 1 atom stereocenters. The zero-order chi connectivity index (χ0) is 28.1. The van der Waals surface area contributed by atoms with Crippen molar-refractivity contribution in [1.29, 1.82) is 0 Å². The Morgan fingerprint density at radius 2 is 2.05 bits per heavy atom. The molecule has 5 rings (SSSR count). The van der Waals surface area contributed by atoms with Gasteiger partial charge in [-0.15, -0.1) is 0 Å². The van der Waals surface area contributed by atoms with Gasteiger partial charge in [0.1, 0.15) is 30.2 Å². The number of carbonyl (C=O) groups is 1. The lowest BCUT2D eigenvalue weighted by Gasteiger charge is -2.19. The van der Waals surface area contributed by atoms with Gasteiger partial charge in [0.05, 0.1) is 22.1 Å². The predicted octanol–water partition coefficient (Wildman–Crippen LogP) is 4.37. The third-order valence-corrected chi connectivity index (χ3v) is 7.21. The number of nitrogens with two attached hydrogens (primary N) is 1. The molecule has 4 aromatic rings. The summed E-state index contributed by atoms with van der Waals surface area (Å²) in [4.78, 5) is 29.7. The highest BCUT2D eigenvalue weighted by molar-refractivity contribution is 6.32. The number of hydrogen-bond donors (Lipinski definition) is 1. The molecule has 1 aliphatic heterocycles. The Hall–Kier alpha value is -4.02. The fourth-order valence-corrected chi connectivity index (χ4v) is 5.10. The highest BCUT2D eigenvalue weighted by Gasteiger charge is 2.26. The van der Waals surface area contributed by atoms with E-state index in [1.165, 1.54) is 6.33 Å². The lowest BCUT2D eigenvalue weighted by Crippen LogP contribution is -2.30. The number of nitrogens with zero attached hydrogens (tertiary/aromatic N) is 7. The van der Waals surface area contributed by atoms with E-state index in [4.69, 9.17) is 27.2 Å². The smallest absolute Gasteiger partial charge is 0.246 e. The largest absolute Gasteiger partial charge is 0.486 e. The topological polar surface area (TPSA) is 115 Å². The molecule has 40 heavy (non-hydrogen) atoms. The maximum atomic E-state index is 12.7. The Morgan fingerprint density at radius 3 is 2.83 bits per heavy atom. The number of benzene rings is 1. The van der Waals surface area contributed by atoms with Crippen LogP contribution in [-0.2, 0) is 11.4 Å². The molecule has 1 fully saturated rings. The van der Waals surface area contributed by atoms with E-state index in [-0.39, 0.29) is 11.9 Å². The first-order valence-corrected chi connectivity index (χ1v) is 13.7. The molecule has 208 valence electrons. The van der Waals surface area contributed by atoms with E-state index in [1.807, 2.05) is 71.1 Å². The van der Waals surface area contributed by atoms with Crippen LogP contribution in [0.2, 0.25) is 5.02 Å². The fourth-order valence-electron chi connectivity index (χ4n) is 4.87. The van der Waals surface area contributed by atoms with Gasteiger partial charge in [-0.2, -0.15) is 5.10 Å². The minimum absolute atomic E-state index is 0.0417. The van der Waals surface area contributed by atoms with Gasteiger partial charge in [0, 0.05) is 37.5 Å². The molecule has 1 aliphatic rings. The van der Waals surface area contributed by atoms with Crippen LogP contribution in [-0.4, -0.2) is 74.2 Å². The second kappa shape index (κ2) is 12.4. The first-order valence-electron chi connectivity index (χ1n) is 13.3. The van der Waals surface area contributed by atoms with E-state index < -0.39 is 0 Å². The summed E-state index contributed by atoms with van der Waals surface area (Å²) in [6, 6.07) is 11.3. The van der Waals surface area contributed by atoms with Crippen LogP contribution in [0.4, 0.5) is 5.82 Å². The molecule has 2 N–H and O–H groups in total. The van der Waals surface area contributed by atoms with Gasteiger partial charge in [0.2, 0.25) is 5.91 Å². The maximum Gasteiger partial charge on any atom is 0.246 e. The number of fused-ring (bicyclic) bond motifs is 1. The number of likely N-dealkylation sites (N-methyl/N-ethyl adjacent to an activating group) is 1. The molecule has 4 heterocycles. The van der Waals surface area contributed by atoms with Crippen molar-refractivity contribution < 1.29 is 9.53 Å². The minimum Gasteiger partial charge on any atom is -0.486 e. The number of aromatic nitrogens is 5. The summed E-state index contributed by atoms with van der Waals surface area (Å²) in [6.45, 7) is 2.39. The third-order valence-electron chi connectivity index (χ3n) is 6.91. The van der Waals surface area contributed by atoms with E-state index in [9.17, 15) is 4.79 Å². The number of nitrogen functional groups attached to an aromatic ring is 1. The molecule has 0 saturated carbocycles. The summed E-state index contributed by atoms with van der Waals surface area (Å²) >= 11 is 6.62. The van der Waals surface area contributed by atoms with Gasteiger partial charge in [-0.1, -0.05) is 23.7 Å². The van der Waals surface area contributed by atoms with Crippen molar-refractivity contribution in [1.82, 2.24) is 34.5 Å². The fraction of sp³-hybridized carbons (Fsp3) is 0.345. The van der Waals surface area contributed by atoms with Gasteiger partial charge >= 0.3 is 0 Å². The quantitative estimate of drug-likeness (QED) is 0.316. The molecule has 1 aromatic carbocycles. The van der Waals surface area contributed by atoms with Crippen molar-refractivity contribution in [3.8, 4) is 17.0 Å². The van der Waals surface area contributed by atoms with Crippen molar-refractivity contribution in [2.24, 2.45) is 0 Å². The average Bonchev–Trinajstić information content (AvgIpc) is 3.17. The molecular weight excluding hydrogens is 528 g/mol. The Labute approximate surface area is 238 Å². The van der Waals surface area contributed by atoms with Crippen LogP contribution in [0.1, 0.15) is 31.0 Å². The van der Waals surface area contributed by atoms with Gasteiger partial charge in [0.15, 0.2) is 5.65 Å². The Kier molecular flexibility index (Phi) is 8.57. The zero-order valence-electron chi connectivity index (χ0n) is 22.7. The summed E-state index contributed by atoms with van der Waals surface area (Å²) in [6.07, 6.45) is 9.25. The number of rotatable bonds is 8. The summed E-state index contributed by atoms with van der Waals surface area (Å²) in [7, 11) is 3.95. The first-order chi connectivity index (χ1) is 19.4. The lowest BCUT2D eigenvalue weighted by atomic mass is 10.1. The molecule has 10 nitrogen and oxygen atoms in total. The van der Waals surface area contributed by atoms with Gasteiger partial charge < -0.3 is 20.3 Å². The number of halogens is 1. The van der Waals surface area contributed by atoms with Crippen molar-refractivity contribution in [3.63, 3.8) is 0 Å². The van der Waals surface area contributed by atoms with Crippen LogP contribution >= 0.6 is 11.6 Å². The lowest BCUT2D eigenvalue weighted by molar-refractivity contribution is -0.126. The maximum absolute atomic E-state index is 12.7. The van der Waals surface area contributed by atoms with Crippen molar-refractivity contribution in [3.05, 3.63) is 71.8 Å². The normalized spacial score (nSPS) is 16.1. The Morgan fingerprint density at radius 1 is 1.18 bits per heavy atom. The van der Waals surface area contributed by atoms with Crippen molar-refractivity contribution in [2.45, 2.75) is 31.9 Å². The minimum atomic E-state index is 0.0417. The monoisotopic (exact) mass is 560 g/mol. The Bertz CT molecular complexity index is 1500. The molecule has 1 amide bonds. The van der Waals surface area contributed by atoms with Gasteiger partial charge in [-0.05, 0) is 63.7 Å². The highest BCUT2D eigenvalue weighted by Crippen LogP contribution is 2.37. The predicted molar refractivity (Wildman–Crippen MR) is 156 cm³/mol. The summed E-state index contributed by atoms with van der Waals surface area (Å²) in [5.41, 5.74) is 9.28. The van der Waals surface area contributed by atoms with E-state index in [1.54, 1.807) is 12.3 Å². The molecule has 0 spiro atoms. The summed E-state index contributed by atoms with van der Waals surface area (Å²) in [5.74, 6) is 0.951. The molecule has 3 aromatic heterocycles. The number of ether oxygens (including phenoxy) is 1. The molecule has 0 bridgehead atoms. The van der Waals surface area contributed by atoms with Gasteiger partial charge in [-0.25, -0.2) is 14.6 Å². The molecule has 1 unspecified atom stereocenters. The highest BCUT2D eigenvalue weighted by atomic mass is 35.5. The number of pyridine rings is 1. The number of hydrogen-bond acceptors (Lipinski definition) is 8. The standard InChI is InChI=1S/C29H33ClN8O2/c1-36(2)14-6-9-25(39)37-15-5-8-22(12-16-37)38-29-26(28(31)33-19-34-29)27(35-38)20-10-11-24(23(30)17-20)40-18-21-7-3-4-13-32-21/h3-4,6-7,9-11,13,17,19,22H,5,8,12,14-16,18H2,1-2H3,(H2,31,33,34)/b9-6+. The third kappa shape index (κ3) is 6.24. The number of likely N-dealkylation sites (tertiary alicyclic amines) is 1. The SMILES string of the molecule is CN(C)C/C=C/C(=O)N1CCCC(n2nc(-c3ccc(OCc4ccccn4)c(Cl)c3)c3c(N)ncnc32)CC1. The zero-order valence-corrected chi connectivity index (χ0v) is 23.5. The van der Waals surface area contributed by atoms with E-state index in [2.05, 4.69) is 15.0 Å². The molecule has 11 heteroatoms. The molecule has 0 radical (unpaired) electrons. The number of amides is 1. The Balaban J connectivity index is 1.38. The average molecular weight is 561 g/mol. The second-order valence-corrected chi connectivity index (χ2v) is 10.5. The van der Waals surface area contributed by atoms with Crippen LogP contribution < -0.4 is 10.5 Å². The first kappa shape index (κ1) is 27.5. The van der Waals surface area contributed by atoms with Gasteiger partial charge in [-0.3, -0.25) is 9.78 Å². The van der Waals surface area contributed by atoms with Crippen molar-refractivity contribution >= 4 is 34.4 Å². The second-order valence-electron chi connectivity index (χ2n) is 10.1.